The number of nitro groups is 1. The molecular weight excluding hydrogens is 443 g/mol. The molecule has 0 aliphatic heterocycles. The highest BCUT2D eigenvalue weighted by molar-refractivity contribution is 6.10. The van der Waals surface area contributed by atoms with Crippen LogP contribution >= 0.6 is 0 Å². The van der Waals surface area contributed by atoms with Gasteiger partial charge in [-0.25, -0.2) is 4.39 Å². The van der Waals surface area contributed by atoms with Gasteiger partial charge in [-0.1, -0.05) is 24.3 Å². The minimum Gasteiger partial charge on any atom is -0.483 e. The lowest BCUT2D eigenvalue weighted by molar-refractivity contribution is -0.384. The van der Waals surface area contributed by atoms with Gasteiger partial charge in [0, 0.05) is 29.1 Å². The van der Waals surface area contributed by atoms with E-state index < -0.39 is 22.6 Å². The molecule has 170 valence electrons. The zero-order chi connectivity index (χ0) is 24.5. The molecule has 0 bridgehead atoms. The molecule has 0 fully saturated rings. The first-order valence-corrected chi connectivity index (χ1v) is 9.80. The van der Waals surface area contributed by atoms with Gasteiger partial charge in [-0.2, -0.15) is 5.26 Å². The molecule has 0 radical (unpaired) electrons. The van der Waals surface area contributed by atoms with Crippen LogP contribution in [0, 0.1) is 27.3 Å². The highest BCUT2D eigenvalue weighted by Crippen LogP contribution is 2.22. The van der Waals surface area contributed by atoms with Crippen molar-refractivity contribution in [2.24, 2.45) is 0 Å². The molecule has 2 N–H and O–H groups in total. The number of amides is 2. The van der Waals surface area contributed by atoms with Gasteiger partial charge in [0.05, 0.1) is 4.92 Å². The molecule has 0 aromatic heterocycles. The summed E-state index contributed by atoms with van der Waals surface area (Å²) < 4.78 is 18.5. The number of hydrogen-bond donors (Lipinski definition) is 2. The second-order valence-corrected chi connectivity index (χ2v) is 6.81. The quantitative estimate of drug-likeness (QED) is 0.223. The SMILES string of the molecule is N#CC(=Cc1ccccc1OCC(=O)Nc1ccc(F)cc1)C(=O)Nc1cccc([N+](=O)[O-])c1. The molecule has 0 heterocycles. The van der Waals surface area contributed by atoms with Crippen molar-refractivity contribution in [2.45, 2.75) is 0 Å². The second kappa shape index (κ2) is 11.0. The number of ether oxygens (including phenoxy) is 1. The number of hydrogen-bond acceptors (Lipinski definition) is 6. The van der Waals surface area contributed by atoms with E-state index in [2.05, 4.69) is 10.6 Å². The number of nitrogens with zero attached hydrogens (tertiary/aromatic N) is 2. The van der Waals surface area contributed by atoms with E-state index in [4.69, 9.17) is 4.74 Å². The minimum atomic E-state index is -0.771. The van der Waals surface area contributed by atoms with Crippen LogP contribution in [0.4, 0.5) is 21.5 Å². The summed E-state index contributed by atoms with van der Waals surface area (Å²) in [6, 6.07) is 18.8. The third kappa shape index (κ3) is 6.48. The molecule has 0 saturated heterocycles. The van der Waals surface area contributed by atoms with Crippen molar-refractivity contribution in [3.8, 4) is 11.8 Å². The number of carbonyl (C=O) groups is 2. The van der Waals surface area contributed by atoms with Gasteiger partial charge in [0.15, 0.2) is 6.61 Å². The first-order chi connectivity index (χ1) is 16.4. The summed E-state index contributed by atoms with van der Waals surface area (Å²) in [6.45, 7) is -0.371. The van der Waals surface area contributed by atoms with Crippen molar-refractivity contribution < 1.29 is 23.6 Å². The number of para-hydroxylation sites is 1. The van der Waals surface area contributed by atoms with Gasteiger partial charge in [-0.05, 0) is 42.5 Å². The number of nitro benzene ring substituents is 1. The number of nitriles is 1. The molecule has 0 atom stereocenters. The predicted molar refractivity (Wildman–Crippen MR) is 122 cm³/mol. The summed E-state index contributed by atoms with van der Waals surface area (Å²) in [7, 11) is 0. The third-order valence-electron chi connectivity index (χ3n) is 4.39. The zero-order valence-corrected chi connectivity index (χ0v) is 17.5. The fourth-order valence-electron chi connectivity index (χ4n) is 2.80. The molecule has 0 saturated carbocycles. The van der Waals surface area contributed by atoms with E-state index in [1.54, 1.807) is 30.3 Å². The van der Waals surface area contributed by atoms with Gasteiger partial charge < -0.3 is 15.4 Å². The molecule has 2 amide bonds. The average molecular weight is 460 g/mol. The van der Waals surface area contributed by atoms with Crippen molar-refractivity contribution in [1.82, 2.24) is 0 Å². The van der Waals surface area contributed by atoms with E-state index in [1.165, 1.54) is 54.6 Å². The lowest BCUT2D eigenvalue weighted by Crippen LogP contribution is -2.20. The summed E-state index contributed by atoms with van der Waals surface area (Å²) in [4.78, 5) is 35.0. The summed E-state index contributed by atoms with van der Waals surface area (Å²) in [6.07, 6.45) is 1.28. The van der Waals surface area contributed by atoms with Gasteiger partial charge in [0.1, 0.15) is 23.2 Å². The summed E-state index contributed by atoms with van der Waals surface area (Å²) in [5.74, 6) is -1.45. The van der Waals surface area contributed by atoms with Crippen LogP contribution < -0.4 is 15.4 Å². The number of carbonyl (C=O) groups excluding carboxylic acids is 2. The van der Waals surface area contributed by atoms with Crippen molar-refractivity contribution in [1.29, 1.82) is 5.26 Å². The summed E-state index contributed by atoms with van der Waals surface area (Å²) >= 11 is 0. The van der Waals surface area contributed by atoms with Crippen molar-refractivity contribution in [3.05, 3.63) is 99.9 Å². The number of nitrogens with one attached hydrogen (secondary N) is 2. The molecule has 0 unspecified atom stereocenters. The van der Waals surface area contributed by atoms with E-state index in [-0.39, 0.29) is 29.3 Å². The van der Waals surface area contributed by atoms with E-state index >= 15 is 0 Å². The molecule has 34 heavy (non-hydrogen) atoms. The maximum atomic E-state index is 13.0. The van der Waals surface area contributed by atoms with Crippen LogP contribution in [0.5, 0.6) is 5.75 Å². The van der Waals surface area contributed by atoms with Gasteiger partial charge in [0.2, 0.25) is 0 Å². The normalized spacial score (nSPS) is 10.6. The van der Waals surface area contributed by atoms with E-state index in [0.717, 1.165) is 0 Å². The average Bonchev–Trinajstić information content (AvgIpc) is 2.83. The Kier molecular flexibility index (Phi) is 7.65. The zero-order valence-electron chi connectivity index (χ0n) is 17.5. The molecule has 3 aromatic carbocycles. The molecular formula is C24H17FN4O5. The Morgan fingerprint density at radius 2 is 1.76 bits per heavy atom. The first kappa shape index (κ1) is 23.6. The fourth-order valence-corrected chi connectivity index (χ4v) is 2.80. The van der Waals surface area contributed by atoms with E-state index in [9.17, 15) is 29.4 Å². The second-order valence-electron chi connectivity index (χ2n) is 6.81. The summed E-state index contributed by atoms with van der Waals surface area (Å²) in [5.41, 5.74) is 0.425. The highest BCUT2D eigenvalue weighted by atomic mass is 19.1. The number of rotatable bonds is 8. The van der Waals surface area contributed by atoms with Crippen LogP contribution in [0.3, 0.4) is 0 Å². The van der Waals surface area contributed by atoms with Crippen LogP contribution in [0.25, 0.3) is 6.08 Å². The Labute approximate surface area is 193 Å². The fraction of sp³-hybridized carbons (Fsp3) is 0.0417. The molecule has 3 rings (SSSR count). The summed E-state index contributed by atoms with van der Waals surface area (Å²) in [5, 5.41) is 25.4. The third-order valence-corrected chi connectivity index (χ3v) is 4.39. The monoisotopic (exact) mass is 460 g/mol. The molecule has 0 spiro atoms. The van der Waals surface area contributed by atoms with Crippen LogP contribution in [0.2, 0.25) is 0 Å². The van der Waals surface area contributed by atoms with Crippen LogP contribution in [0.1, 0.15) is 5.56 Å². The maximum Gasteiger partial charge on any atom is 0.271 e. The Hall–Kier alpha value is -5.04. The van der Waals surface area contributed by atoms with Gasteiger partial charge in [-0.3, -0.25) is 19.7 Å². The lowest BCUT2D eigenvalue weighted by Gasteiger charge is -2.10. The highest BCUT2D eigenvalue weighted by Gasteiger charge is 2.14. The Bertz CT molecular complexity index is 1300. The van der Waals surface area contributed by atoms with Gasteiger partial charge in [-0.15, -0.1) is 0 Å². The smallest absolute Gasteiger partial charge is 0.271 e. The van der Waals surface area contributed by atoms with E-state index in [0.29, 0.717) is 11.3 Å². The molecule has 0 aliphatic carbocycles. The van der Waals surface area contributed by atoms with Crippen LogP contribution in [-0.4, -0.2) is 23.3 Å². The van der Waals surface area contributed by atoms with Gasteiger partial charge in [0.25, 0.3) is 17.5 Å². The topological polar surface area (TPSA) is 134 Å². The predicted octanol–water partition coefficient (Wildman–Crippen LogP) is 4.30. The maximum absolute atomic E-state index is 13.0. The lowest BCUT2D eigenvalue weighted by atomic mass is 10.1. The number of non-ortho nitro benzene ring substituents is 1. The molecule has 3 aromatic rings. The molecule has 10 heteroatoms. The number of anilines is 2. The minimum absolute atomic E-state index is 0.155. The van der Waals surface area contributed by atoms with Gasteiger partial charge >= 0.3 is 0 Å². The Morgan fingerprint density at radius 3 is 2.47 bits per heavy atom. The standard InChI is InChI=1S/C24H17FN4O5/c25-18-8-10-19(11-9-18)27-23(30)15-34-22-7-2-1-4-16(22)12-17(14-26)24(31)28-20-5-3-6-21(13-20)29(32)33/h1-13H,15H2,(H,27,30)(H,28,31). The number of benzene rings is 3. The van der Waals surface area contributed by atoms with Crippen LogP contribution in [-0.2, 0) is 9.59 Å². The molecule has 0 aliphatic rings. The molecule has 9 nitrogen and oxygen atoms in total. The van der Waals surface area contributed by atoms with Crippen molar-refractivity contribution in [2.75, 3.05) is 17.2 Å². The first-order valence-electron chi connectivity index (χ1n) is 9.80. The van der Waals surface area contributed by atoms with Crippen molar-refractivity contribution >= 4 is 35.0 Å². The largest absolute Gasteiger partial charge is 0.483 e. The van der Waals surface area contributed by atoms with Crippen LogP contribution in [0.15, 0.2) is 78.4 Å². The Morgan fingerprint density at radius 1 is 1.03 bits per heavy atom. The van der Waals surface area contributed by atoms with E-state index in [1.807, 2.05) is 0 Å². The Balaban J connectivity index is 1.70. The van der Waals surface area contributed by atoms with Crippen molar-refractivity contribution in [3.63, 3.8) is 0 Å². The number of halogens is 1.